The van der Waals surface area contributed by atoms with Crippen LogP contribution in [0.1, 0.15) is 32.0 Å². The molecule has 0 aliphatic heterocycles. The number of methoxy groups -OCH3 is 1. The predicted molar refractivity (Wildman–Crippen MR) is 156 cm³/mol. The number of hydrogen-bond donors (Lipinski definition) is 0. The number of amides is 1. The predicted octanol–water partition coefficient (Wildman–Crippen LogP) is 6.12. The topological polar surface area (TPSA) is 100 Å². The summed E-state index contributed by atoms with van der Waals surface area (Å²) in [5.74, 6) is 7.35. The Labute approximate surface area is 245 Å². The molecule has 1 heterocycles. The highest BCUT2D eigenvalue weighted by molar-refractivity contribution is 5.79. The van der Waals surface area contributed by atoms with Crippen molar-refractivity contribution < 1.29 is 33.0 Å². The van der Waals surface area contributed by atoms with Crippen molar-refractivity contribution in [3.8, 4) is 40.5 Å². The summed E-state index contributed by atoms with van der Waals surface area (Å²) < 4.78 is 27.3. The van der Waals surface area contributed by atoms with Gasteiger partial charge < -0.3 is 23.4 Å². The average Bonchev–Trinajstić information content (AvgIpc) is 3.45. The molecule has 9 heteroatoms. The number of ether oxygens (including phenoxy) is 4. The first-order chi connectivity index (χ1) is 20.2. The summed E-state index contributed by atoms with van der Waals surface area (Å²) >= 11 is 0. The fourth-order valence-corrected chi connectivity index (χ4v) is 3.73. The molecular weight excluding hydrogens is 536 g/mol. The third-order valence-electron chi connectivity index (χ3n) is 5.61. The van der Waals surface area contributed by atoms with Crippen LogP contribution in [0.5, 0.6) is 17.2 Å². The molecule has 0 radical (unpaired) electrons. The van der Waals surface area contributed by atoms with Crippen molar-refractivity contribution in [3.63, 3.8) is 0 Å². The Morgan fingerprint density at radius 2 is 1.57 bits per heavy atom. The molecular formula is C33H32N2O7. The highest BCUT2D eigenvalue weighted by Crippen LogP contribution is 2.20. The van der Waals surface area contributed by atoms with Gasteiger partial charge in [-0.3, -0.25) is 9.69 Å². The van der Waals surface area contributed by atoms with Crippen LogP contribution in [-0.4, -0.2) is 47.8 Å². The number of aromatic nitrogens is 1. The lowest BCUT2D eigenvalue weighted by Gasteiger charge is -2.25. The van der Waals surface area contributed by atoms with Gasteiger partial charge in [-0.1, -0.05) is 36.3 Å². The van der Waals surface area contributed by atoms with Crippen LogP contribution in [0.25, 0.3) is 11.5 Å². The summed E-state index contributed by atoms with van der Waals surface area (Å²) in [6, 6.07) is 23.3. The first-order valence-electron chi connectivity index (χ1n) is 13.2. The Bertz CT molecular complexity index is 1530. The number of nitrogens with zero attached hydrogens (tertiary/aromatic N) is 2. The minimum Gasteiger partial charge on any atom is -0.497 e. The molecule has 0 fully saturated rings. The maximum atomic E-state index is 13.0. The second-order valence-corrected chi connectivity index (χ2v) is 10.1. The van der Waals surface area contributed by atoms with Gasteiger partial charge in [-0.2, -0.15) is 0 Å². The first-order valence-corrected chi connectivity index (χ1v) is 13.2. The average molecular weight is 569 g/mol. The van der Waals surface area contributed by atoms with Crippen LogP contribution in [0.2, 0.25) is 0 Å². The molecule has 4 aromatic rings. The van der Waals surface area contributed by atoms with E-state index in [0.717, 1.165) is 11.1 Å². The molecule has 0 saturated carbocycles. The van der Waals surface area contributed by atoms with Crippen LogP contribution in [-0.2, 0) is 16.1 Å². The Morgan fingerprint density at radius 1 is 0.905 bits per heavy atom. The normalized spacial score (nSPS) is 10.7. The van der Waals surface area contributed by atoms with Gasteiger partial charge in [-0.25, -0.2) is 9.78 Å². The van der Waals surface area contributed by atoms with Crippen LogP contribution in [0.3, 0.4) is 0 Å². The maximum absolute atomic E-state index is 13.0. The Balaban J connectivity index is 1.35. The summed E-state index contributed by atoms with van der Waals surface area (Å²) in [5, 5.41) is 0. The van der Waals surface area contributed by atoms with E-state index in [4.69, 9.17) is 23.4 Å². The summed E-state index contributed by atoms with van der Waals surface area (Å²) in [6.07, 6.45) is 0.817. The van der Waals surface area contributed by atoms with E-state index in [1.807, 2.05) is 30.3 Å². The monoisotopic (exact) mass is 568 g/mol. The van der Waals surface area contributed by atoms with Gasteiger partial charge in [0.25, 0.3) is 0 Å². The highest BCUT2D eigenvalue weighted by atomic mass is 16.6. The second kappa shape index (κ2) is 13.9. The SMILES string of the molecule is COc1ccc(OC(=O)N(CC(=O)OC(C)(C)C)Cc2ccc(OCC#Cc3coc(-c4ccccc4)n3)cc2)cc1. The van der Waals surface area contributed by atoms with Crippen molar-refractivity contribution >= 4 is 12.1 Å². The maximum Gasteiger partial charge on any atom is 0.416 e. The van der Waals surface area contributed by atoms with Gasteiger partial charge in [-0.15, -0.1) is 0 Å². The summed E-state index contributed by atoms with van der Waals surface area (Å²) in [7, 11) is 1.55. The lowest BCUT2D eigenvalue weighted by atomic mass is 10.2. The Hall–Kier alpha value is -5.23. The van der Waals surface area contributed by atoms with Crippen molar-refractivity contribution in [2.24, 2.45) is 0 Å². The third-order valence-corrected chi connectivity index (χ3v) is 5.61. The van der Waals surface area contributed by atoms with E-state index in [0.29, 0.717) is 28.8 Å². The molecule has 0 atom stereocenters. The summed E-state index contributed by atoms with van der Waals surface area (Å²) in [4.78, 5) is 31.2. The number of carbonyl (C=O) groups excluding carboxylic acids is 2. The number of benzene rings is 3. The van der Waals surface area contributed by atoms with Crippen molar-refractivity contribution in [2.75, 3.05) is 20.3 Å². The zero-order chi connectivity index (χ0) is 30.0. The van der Waals surface area contributed by atoms with Crippen molar-refractivity contribution in [2.45, 2.75) is 32.9 Å². The number of oxazole rings is 1. The number of rotatable bonds is 9. The Morgan fingerprint density at radius 3 is 2.24 bits per heavy atom. The Kier molecular flexibility index (Phi) is 9.85. The molecule has 0 N–H and O–H groups in total. The van der Waals surface area contributed by atoms with E-state index in [1.54, 1.807) is 76.4 Å². The van der Waals surface area contributed by atoms with Gasteiger partial charge in [0.05, 0.1) is 7.11 Å². The standard InChI is InChI=1S/C33H32N2O7/c1-33(2,3)42-30(36)22-35(32(37)41-29-18-16-27(38-4)17-19-29)21-24-12-14-28(15-13-24)39-20-8-11-26-23-40-31(34-26)25-9-6-5-7-10-25/h5-7,9-10,12-19,23H,20-22H2,1-4H3. The zero-order valence-corrected chi connectivity index (χ0v) is 24.0. The van der Waals surface area contributed by atoms with Crippen LogP contribution < -0.4 is 14.2 Å². The van der Waals surface area contributed by atoms with Gasteiger partial charge in [-0.05, 0) is 80.8 Å². The smallest absolute Gasteiger partial charge is 0.416 e. The van der Waals surface area contributed by atoms with Crippen molar-refractivity contribution in [1.29, 1.82) is 0 Å². The molecule has 0 aliphatic carbocycles. The molecule has 0 saturated heterocycles. The van der Waals surface area contributed by atoms with Gasteiger partial charge in [0.15, 0.2) is 5.69 Å². The lowest BCUT2D eigenvalue weighted by molar-refractivity contribution is -0.155. The zero-order valence-electron chi connectivity index (χ0n) is 24.0. The van der Waals surface area contributed by atoms with Gasteiger partial charge >= 0.3 is 12.1 Å². The molecule has 0 bridgehead atoms. The third kappa shape index (κ3) is 9.17. The van der Waals surface area contributed by atoms with Crippen LogP contribution in [0.15, 0.2) is 89.5 Å². The molecule has 1 amide bonds. The fraction of sp³-hybridized carbons (Fsp3) is 0.242. The van der Waals surface area contributed by atoms with Crippen LogP contribution in [0, 0.1) is 11.8 Å². The number of carbonyl (C=O) groups is 2. The summed E-state index contributed by atoms with van der Waals surface area (Å²) in [6.45, 7) is 5.27. The molecule has 3 aromatic carbocycles. The molecule has 0 spiro atoms. The van der Waals surface area contributed by atoms with Gasteiger partial charge in [0.1, 0.15) is 42.3 Å². The number of esters is 1. The quantitative estimate of drug-likeness (QED) is 0.176. The first kappa shape index (κ1) is 29.7. The largest absolute Gasteiger partial charge is 0.497 e. The van der Waals surface area contributed by atoms with E-state index in [2.05, 4.69) is 16.8 Å². The van der Waals surface area contributed by atoms with E-state index in [1.165, 1.54) is 11.2 Å². The van der Waals surface area contributed by atoms with Crippen LogP contribution >= 0.6 is 0 Å². The van der Waals surface area contributed by atoms with Crippen LogP contribution in [0.4, 0.5) is 4.79 Å². The van der Waals surface area contributed by atoms with E-state index in [-0.39, 0.29) is 19.7 Å². The molecule has 1 aromatic heterocycles. The van der Waals surface area contributed by atoms with Gasteiger partial charge in [0.2, 0.25) is 5.89 Å². The highest BCUT2D eigenvalue weighted by Gasteiger charge is 2.24. The second-order valence-electron chi connectivity index (χ2n) is 10.1. The minimum absolute atomic E-state index is 0.115. The van der Waals surface area contributed by atoms with E-state index < -0.39 is 17.7 Å². The minimum atomic E-state index is -0.692. The van der Waals surface area contributed by atoms with E-state index >= 15 is 0 Å². The van der Waals surface area contributed by atoms with Crippen molar-refractivity contribution in [1.82, 2.24) is 9.88 Å². The molecule has 42 heavy (non-hydrogen) atoms. The fourth-order valence-electron chi connectivity index (χ4n) is 3.73. The molecule has 9 nitrogen and oxygen atoms in total. The molecule has 0 unspecified atom stereocenters. The lowest BCUT2D eigenvalue weighted by Crippen LogP contribution is -2.39. The molecule has 0 aliphatic rings. The van der Waals surface area contributed by atoms with Crippen molar-refractivity contribution in [3.05, 3.63) is 96.4 Å². The number of hydrogen-bond acceptors (Lipinski definition) is 8. The van der Waals surface area contributed by atoms with Gasteiger partial charge in [0, 0.05) is 12.1 Å². The summed E-state index contributed by atoms with van der Waals surface area (Å²) in [5.41, 5.74) is 1.46. The van der Waals surface area contributed by atoms with E-state index in [9.17, 15) is 9.59 Å². The molecule has 216 valence electrons. The molecule has 4 rings (SSSR count).